The number of ether oxygens (including phenoxy) is 5. The van der Waals surface area contributed by atoms with Crippen molar-refractivity contribution >= 4 is 22.8 Å². The molecule has 14 heteroatoms. The molecule has 1 saturated heterocycles. The third-order valence-corrected chi connectivity index (χ3v) is 10.7. The van der Waals surface area contributed by atoms with E-state index in [0.717, 1.165) is 41.6 Å². The molecular weight excluding hydrogens is 692 g/mol. The van der Waals surface area contributed by atoms with E-state index in [2.05, 4.69) is 27.5 Å². The van der Waals surface area contributed by atoms with E-state index in [1.54, 1.807) is 13.0 Å². The number of ketones is 1. The number of cyclic esters (lactones) is 1. The molecule has 0 spiro atoms. The standard InChI is InChI=1S/C40H58N6O8/c1-8-35-30(24-52-40-39(51-7)38(50-6)37(49)28(5)53-40)20-26(3)13-15-34(47)27(4)21-29(19-25(2)14-16-36(48)54-35)17-18-45-22-31(41-43-45)23-46-33-12-10-9-11-32(33)42-44-46/h9-13,15,20,22,25,27-30,35,37-40,49H,8,14,16-19,21,23-24H2,1-7H3/b15-13+,26-20+/t25-,27+,28?,29+,30+,35+,37+,38-,39?,40+/m0/s1. The average molecular weight is 751 g/mol. The highest BCUT2D eigenvalue weighted by Crippen LogP contribution is 2.30. The Morgan fingerprint density at radius 3 is 2.54 bits per heavy atom. The van der Waals surface area contributed by atoms with Crippen LogP contribution < -0.4 is 0 Å². The summed E-state index contributed by atoms with van der Waals surface area (Å²) in [5.74, 6) is -0.213. The zero-order chi connectivity index (χ0) is 38.8. The van der Waals surface area contributed by atoms with Gasteiger partial charge < -0.3 is 28.8 Å². The Labute approximate surface area is 318 Å². The summed E-state index contributed by atoms with van der Waals surface area (Å²) >= 11 is 0. The second-order valence-electron chi connectivity index (χ2n) is 15.1. The van der Waals surface area contributed by atoms with Crippen LogP contribution in [0.4, 0.5) is 0 Å². The van der Waals surface area contributed by atoms with Gasteiger partial charge in [0.25, 0.3) is 0 Å². The number of fused-ring (bicyclic) bond motifs is 1. The molecule has 5 rings (SSSR count). The van der Waals surface area contributed by atoms with E-state index in [-0.39, 0.29) is 42.0 Å². The number of allylic oxidation sites excluding steroid dienone is 3. The van der Waals surface area contributed by atoms with Crippen molar-refractivity contribution in [2.75, 3.05) is 20.8 Å². The van der Waals surface area contributed by atoms with Gasteiger partial charge in [-0.05, 0) is 76.0 Å². The molecule has 54 heavy (non-hydrogen) atoms. The Bertz CT molecular complexity index is 1720. The van der Waals surface area contributed by atoms with E-state index >= 15 is 0 Å². The van der Waals surface area contributed by atoms with E-state index in [1.165, 1.54) is 14.2 Å². The number of benzene rings is 1. The third kappa shape index (κ3) is 10.9. The molecule has 0 amide bonds. The summed E-state index contributed by atoms with van der Waals surface area (Å²) in [6.45, 7) is 11.1. The van der Waals surface area contributed by atoms with E-state index in [9.17, 15) is 14.7 Å². The van der Waals surface area contributed by atoms with Gasteiger partial charge in [0, 0.05) is 39.0 Å². The molecule has 1 aromatic carbocycles. The molecule has 0 bridgehead atoms. The quantitative estimate of drug-likeness (QED) is 0.259. The predicted molar refractivity (Wildman–Crippen MR) is 201 cm³/mol. The minimum Gasteiger partial charge on any atom is -0.462 e. The Kier molecular flexibility index (Phi) is 15.1. The molecule has 2 unspecified atom stereocenters. The van der Waals surface area contributed by atoms with Crippen LogP contribution in [0.5, 0.6) is 0 Å². The van der Waals surface area contributed by atoms with Crippen LogP contribution >= 0.6 is 0 Å². The number of aromatic nitrogens is 6. The van der Waals surface area contributed by atoms with Gasteiger partial charge in [0.05, 0.1) is 31.0 Å². The topological polar surface area (TPSA) is 162 Å². The van der Waals surface area contributed by atoms with E-state index in [1.807, 2.05) is 72.7 Å². The Morgan fingerprint density at radius 2 is 1.78 bits per heavy atom. The highest BCUT2D eigenvalue weighted by Gasteiger charge is 2.45. The first-order chi connectivity index (χ1) is 26.0. The highest BCUT2D eigenvalue weighted by molar-refractivity contribution is 5.91. The molecule has 14 nitrogen and oxygen atoms in total. The molecule has 2 aromatic heterocycles. The predicted octanol–water partition coefficient (Wildman–Crippen LogP) is 5.09. The Hall–Kier alpha value is -3.82. The molecular formula is C40H58N6O8. The maximum atomic E-state index is 13.5. The summed E-state index contributed by atoms with van der Waals surface area (Å²) in [5, 5.41) is 27.9. The van der Waals surface area contributed by atoms with Crippen LogP contribution in [0.2, 0.25) is 0 Å². The Balaban J connectivity index is 1.26. The lowest BCUT2D eigenvalue weighted by Crippen LogP contribution is -2.59. The van der Waals surface area contributed by atoms with Gasteiger partial charge in [-0.2, -0.15) is 0 Å². The van der Waals surface area contributed by atoms with Gasteiger partial charge in [-0.3, -0.25) is 14.3 Å². The second-order valence-corrected chi connectivity index (χ2v) is 15.1. The number of hydrogen-bond acceptors (Lipinski definition) is 12. The maximum Gasteiger partial charge on any atom is 0.306 e. The molecule has 10 atom stereocenters. The lowest BCUT2D eigenvalue weighted by molar-refractivity contribution is -0.304. The van der Waals surface area contributed by atoms with Crippen molar-refractivity contribution in [3.05, 3.63) is 60.0 Å². The summed E-state index contributed by atoms with van der Waals surface area (Å²) < 4.78 is 33.2. The second kappa shape index (κ2) is 19.7. The molecule has 1 N–H and O–H groups in total. The van der Waals surface area contributed by atoms with Crippen molar-refractivity contribution in [3.8, 4) is 0 Å². The number of aliphatic hydroxyl groups excluding tert-OH is 1. The summed E-state index contributed by atoms with van der Waals surface area (Å²) in [5.41, 5.74) is 3.42. The van der Waals surface area contributed by atoms with Crippen LogP contribution in [0.15, 0.2) is 54.3 Å². The number of esters is 1. The molecule has 2 aliphatic heterocycles. The molecule has 2 aliphatic rings. The first-order valence-corrected chi connectivity index (χ1v) is 19.3. The fourth-order valence-electron chi connectivity index (χ4n) is 7.60. The van der Waals surface area contributed by atoms with E-state index in [4.69, 9.17) is 23.7 Å². The van der Waals surface area contributed by atoms with Gasteiger partial charge >= 0.3 is 5.97 Å². The fourth-order valence-corrected chi connectivity index (χ4v) is 7.60. The van der Waals surface area contributed by atoms with Crippen molar-refractivity contribution < 1.29 is 38.4 Å². The molecule has 1 fully saturated rings. The normalized spacial score (nSPS) is 32.3. The zero-order valence-corrected chi connectivity index (χ0v) is 32.7. The maximum absolute atomic E-state index is 13.5. The van der Waals surface area contributed by atoms with Crippen molar-refractivity contribution in [1.82, 2.24) is 30.0 Å². The van der Waals surface area contributed by atoms with Gasteiger partial charge in [0.1, 0.15) is 35.6 Å². The number of hydrogen-bond donors (Lipinski definition) is 1. The molecule has 0 radical (unpaired) electrons. The minimum atomic E-state index is -0.878. The molecule has 0 saturated carbocycles. The number of para-hydroxylation sites is 1. The van der Waals surface area contributed by atoms with Crippen molar-refractivity contribution in [2.24, 2.45) is 23.7 Å². The fraction of sp³-hybridized carbons (Fsp3) is 0.650. The number of rotatable bonds is 11. The summed E-state index contributed by atoms with van der Waals surface area (Å²) in [6.07, 6.45) is 7.37. The third-order valence-electron chi connectivity index (χ3n) is 10.7. The van der Waals surface area contributed by atoms with Gasteiger partial charge in [-0.25, -0.2) is 4.68 Å². The molecule has 4 heterocycles. The van der Waals surface area contributed by atoms with Gasteiger partial charge in [-0.15, -0.1) is 10.2 Å². The molecule has 0 aliphatic carbocycles. The number of aliphatic hydroxyl groups is 1. The average Bonchev–Trinajstić information content (AvgIpc) is 3.80. The van der Waals surface area contributed by atoms with Crippen LogP contribution in [0.25, 0.3) is 11.0 Å². The van der Waals surface area contributed by atoms with Crippen LogP contribution in [0.1, 0.15) is 78.8 Å². The first kappa shape index (κ1) is 41.3. The van der Waals surface area contributed by atoms with Crippen LogP contribution in [0.3, 0.4) is 0 Å². The minimum absolute atomic E-state index is 0.0681. The van der Waals surface area contributed by atoms with Crippen molar-refractivity contribution in [2.45, 2.75) is 123 Å². The molecule has 296 valence electrons. The summed E-state index contributed by atoms with van der Waals surface area (Å²) in [4.78, 5) is 26.8. The number of methoxy groups -OCH3 is 2. The smallest absolute Gasteiger partial charge is 0.306 e. The van der Waals surface area contributed by atoms with Gasteiger partial charge in [0.2, 0.25) is 0 Å². The highest BCUT2D eigenvalue weighted by atomic mass is 16.7. The van der Waals surface area contributed by atoms with Gasteiger partial charge in [-0.1, -0.05) is 61.1 Å². The van der Waals surface area contributed by atoms with Gasteiger partial charge in [0.15, 0.2) is 12.1 Å². The largest absolute Gasteiger partial charge is 0.462 e. The van der Waals surface area contributed by atoms with Crippen molar-refractivity contribution in [3.63, 3.8) is 0 Å². The Morgan fingerprint density at radius 1 is 1.00 bits per heavy atom. The van der Waals surface area contributed by atoms with Crippen molar-refractivity contribution in [1.29, 1.82) is 0 Å². The van der Waals surface area contributed by atoms with Crippen LogP contribution in [0, 0.1) is 23.7 Å². The zero-order valence-electron chi connectivity index (χ0n) is 32.7. The summed E-state index contributed by atoms with van der Waals surface area (Å²) in [7, 11) is 3.04. The SMILES string of the molecule is CC[C@H]1OC(=O)CC[C@H](C)C[C@@H](CCn2cc(Cn3nnc4ccccc43)nn2)C[C@@H](C)C(=O)/C=C/C(C)=C/[C@@H]1CO[C@@H]1OC(C)[C@@H](O)[C@H](OC)C1OC. The monoisotopic (exact) mass is 750 g/mol. The van der Waals surface area contributed by atoms with Crippen LogP contribution in [-0.4, -0.2) is 104 Å². The van der Waals surface area contributed by atoms with Crippen LogP contribution in [-0.2, 0) is 46.4 Å². The number of nitrogens with zero attached hydrogens (tertiary/aromatic N) is 6. The lowest BCUT2D eigenvalue weighted by atomic mass is 9.83. The van der Waals surface area contributed by atoms with E-state index < -0.39 is 36.8 Å². The number of aryl methyl sites for hydroxylation is 1. The first-order valence-electron chi connectivity index (χ1n) is 19.3. The number of carbonyl (C=O) groups excluding carboxylic acids is 2. The number of carbonyl (C=O) groups is 2. The lowest BCUT2D eigenvalue weighted by Gasteiger charge is -2.42. The molecule has 3 aromatic rings. The summed E-state index contributed by atoms with van der Waals surface area (Å²) in [6, 6.07) is 7.82. The van der Waals surface area contributed by atoms with E-state index in [0.29, 0.717) is 32.4 Å².